The molecular formula is C21H18N4O2. The molecule has 1 unspecified atom stereocenters. The van der Waals surface area contributed by atoms with Crippen molar-refractivity contribution in [2.45, 2.75) is 19.3 Å². The molecule has 0 radical (unpaired) electrons. The number of carbonyl (C=O) groups excluding carboxylic acids is 1. The van der Waals surface area contributed by atoms with Gasteiger partial charge in [-0.25, -0.2) is 0 Å². The van der Waals surface area contributed by atoms with E-state index in [1.807, 2.05) is 60.7 Å². The topological polar surface area (TPSA) is 80.9 Å². The third kappa shape index (κ3) is 3.69. The number of nitrogens with zero attached hydrogens (tertiary/aromatic N) is 3. The third-order valence-electron chi connectivity index (χ3n) is 4.34. The van der Waals surface area contributed by atoms with Crippen LogP contribution in [-0.4, -0.2) is 21.1 Å². The molecule has 4 aromatic rings. The number of carbonyl (C=O) groups is 1. The molecule has 0 aliphatic carbocycles. The molecule has 0 aliphatic rings. The first-order chi connectivity index (χ1) is 13.2. The Hall–Kier alpha value is -3.54. The van der Waals surface area contributed by atoms with E-state index in [2.05, 4.69) is 20.5 Å². The summed E-state index contributed by atoms with van der Waals surface area (Å²) >= 11 is 0. The van der Waals surface area contributed by atoms with Gasteiger partial charge in [-0.3, -0.25) is 9.78 Å². The molecule has 1 amide bonds. The third-order valence-corrected chi connectivity index (χ3v) is 4.34. The number of hydrogen-bond donors (Lipinski definition) is 1. The van der Waals surface area contributed by atoms with E-state index in [-0.39, 0.29) is 18.2 Å². The van der Waals surface area contributed by atoms with E-state index in [4.69, 9.17) is 4.42 Å². The van der Waals surface area contributed by atoms with E-state index in [1.165, 1.54) is 0 Å². The average Bonchev–Trinajstić information content (AvgIpc) is 3.13. The summed E-state index contributed by atoms with van der Waals surface area (Å²) in [6, 6.07) is 19.2. The minimum atomic E-state index is -0.310. The van der Waals surface area contributed by atoms with E-state index in [1.54, 1.807) is 13.1 Å². The molecule has 134 valence electrons. The first-order valence-electron chi connectivity index (χ1n) is 8.69. The highest BCUT2D eigenvalue weighted by molar-refractivity contribution is 6.00. The van der Waals surface area contributed by atoms with E-state index in [9.17, 15) is 4.79 Å². The Labute approximate surface area is 156 Å². The molecule has 2 heterocycles. The zero-order chi connectivity index (χ0) is 18.6. The van der Waals surface area contributed by atoms with E-state index >= 15 is 0 Å². The zero-order valence-electron chi connectivity index (χ0n) is 14.8. The maximum Gasteiger partial charge on any atom is 0.225 e. The summed E-state index contributed by atoms with van der Waals surface area (Å²) < 4.78 is 5.61. The number of aromatic nitrogens is 3. The van der Waals surface area contributed by atoms with Gasteiger partial charge in [0.2, 0.25) is 17.7 Å². The summed E-state index contributed by atoms with van der Waals surface area (Å²) in [6.45, 7) is 1.74. The van der Waals surface area contributed by atoms with Crippen molar-refractivity contribution < 1.29 is 9.21 Å². The minimum absolute atomic E-state index is 0.141. The molecule has 0 saturated carbocycles. The molecule has 1 N–H and O–H groups in total. The molecule has 2 aromatic carbocycles. The normalized spacial score (nSPS) is 12.0. The highest BCUT2D eigenvalue weighted by atomic mass is 16.4. The second-order valence-corrected chi connectivity index (χ2v) is 6.26. The Kier molecular flexibility index (Phi) is 4.61. The molecule has 2 aromatic heterocycles. The summed E-state index contributed by atoms with van der Waals surface area (Å²) in [5.41, 5.74) is 2.40. The van der Waals surface area contributed by atoms with Gasteiger partial charge in [-0.15, -0.1) is 10.2 Å². The van der Waals surface area contributed by atoms with Crippen LogP contribution in [0.1, 0.15) is 29.7 Å². The van der Waals surface area contributed by atoms with Gasteiger partial charge >= 0.3 is 0 Å². The molecular weight excluding hydrogens is 340 g/mol. The van der Waals surface area contributed by atoms with Crippen LogP contribution in [0.3, 0.4) is 0 Å². The van der Waals surface area contributed by atoms with Crippen LogP contribution in [0.5, 0.6) is 0 Å². The Morgan fingerprint density at radius 1 is 1.04 bits per heavy atom. The van der Waals surface area contributed by atoms with Crippen molar-refractivity contribution in [2.75, 3.05) is 5.32 Å². The number of rotatable bonds is 5. The molecule has 0 aliphatic heterocycles. The maximum atomic E-state index is 12.8. The quantitative estimate of drug-likeness (QED) is 0.581. The Balaban J connectivity index is 1.60. The fraction of sp³-hybridized carbons (Fsp3) is 0.143. The number of fused-ring (bicyclic) bond motifs is 1. The first-order valence-corrected chi connectivity index (χ1v) is 8.69. The summed E-state index contributed by atoms with van der Waals surface area (Å²) in [5.74, 6) is 0.461. The van der Waals surface area contributed by atoms with Gasteiger partial charge in [-0.05, 0) is 17.7 Å². The monoisotopic (exact) mass is 358 g/mol. The Morgan fingerprint density at radius 2 is 1.85 bits per heavy atom. The predicted molar refractivity (Wildman–Crippen MR) is 102 cm³/mol. The van der Waals surface area contributed by atoms with E-state index in [0.717, 1.165) is 16.5 Å². The van der Waals surface area contributed by atoms with Crippen molar-refractivity contribution in [3.05, 3.63) is 84.2 Å². The van der Waals surface area contributed by atoms with Gasteiger partial charge in [0.1, 0.15) is 0 Å². The lowest BCUT2D eigenvalue weighted by molar-refractivity contribution is -0.116. The molecule has 1 atom stereocenters. The van der Waals surface area contributed by atoms with Crippen LogP contribution in [0.4, 0.5) is 5.69 Å². The van der Waals surface area contributed by atoms with Crippen LogP contribution in [0.2, 0.25) is 0 Å². The second kappa shape index (κ2) is 7.37. The standard InChI is InChI=1S/C21H18N4O2/c1-14-24-25-21(27-14)17(15-7-3-2-4-8-15)13-19(26)23-18-11-5-9-16-10-6-12-22-20(16)18/h2-12,17H,13H2,1H3,(H,23,26). The SMILES string of the molecule is Cc1nnc(C(CC(=O)Nc2cccc3cccnc23)c2ccccc2)o1. The lowest BCUT2D eigenvalue weighted by atomic mass is 9.95. The van der Waals surface area contributed by atoms with Gasteiger partial charge in [-0.2, -0.15) is 0 Å². The largest absolute Gasteiger partial charge is 0.425 e. The molecule has 6 nitrogen and oxygen atoms in total. The number of nitrogens with one attached hydrogen (secondary N) is 1. The fourth-order valence-electron chi connectivity index (χ4n) is 3.08. The lowest BCUT2D eigenvalue weighted by Crippen LogP contribution is -2.17. The van der Waals surface area contributed by atoms with Crippen LogP contribution in [-0.2, 0) is 4.79 Å². The van der Waals surface area contributed by atoms with Gasteiger partial charge in [0.15, 0.2) is 0 Å². The van der Waals surface area contributed by atoms with Crippen LogP contribution in [0.15, 0.2) is 71.3 Å². The second-order valence-electron chi connectivity index (χ2n) is 6.26. The van der Waals surface area contributed by atoms with Crippen molar-refractivity contribution in [1.29, 1.82) is 0 Å². The van der Waals surface area contributed by atoms with Crippen molar-refractivity contribution >= 4 is 22.5 Å². The molecule has 6 heteroatoms. The van der Waals surface area contributed by atoms with Gasteiger partial charge < -0.3 is 9.73 Å². The summed E-state index contributed by atoms with van der Waals surface area (Å²) in [4.78, 5) is 17.2. The van der Waals surface area contributed by atoms with Gasteiger partial charge in [-0.1, -0.05) is 48.5 Å². The Bertz CT molecular complexity index is 1070. The smallest absolute Gasteiger partial charge is 0.225 e. The molecule has 0 saturated heterocycles. The highest BCUT2D eigenvalue weighted by Gasteiger charge is 2.23. The molecule has 4 rings (SSSR count). The van der Waals surface area contributed by atoms with Gasteiger partial charge in [0, 0.05) is 24.9 Å². The van der Waals surface area contributed by atoms with Gasteiger partial charge in [0.25, 0.3) is 0 Å². The molecule has 0 fully saturated rings. The fourth-order valence-corrected chi connectivity index (χ4v) is 3.08. The van der Waals surface area contributed by atoms with Crippen LogP contribution in [0.25, 0.3) is 10.9 Å². The van der Waals surface area contributed by atoms with Crippen LogP contribution < -0.4 is 5.32 Å². The number of para-hydroxylation sites is 1. The van der Waals surface area contributed by atoms with Crippen molar-refractivity contribution in [1.82, 2.24) is 15.2 Å². The number of anilines is 1. The van der Waals surface area contributed by atoms with E-state index in [0.29, 0.717) is 17.5 Å². The summed E-state index contributed by atoms with van der Waals surface area (Å²) in [7, 11) is 0. The van der Waals surface area contributed by atoms with Crippen LogP contribution in [0, 0.1) is 6.92 Å². The highest BCUT2D eigenvalue weighted by Crippen LogP contribution is 2.28. The molecule has 27 heavy (non-hydrogen) atoms. The maximum absolute atomic E-state index is 12.8. The first kappa shape index (κ1) is 16.9. The predicted octanol–water partition coefficient (Wildman–Crippen LogP) is 4.09. The number of benzene rings is 2. The number of aryl methyl sites for hydroxylation is 1. The zero-order valence-corrected chi connectivity index (χ0v) is 14.8. The molecule has 0 spiro atoms. The van der Waals surface area contributed by atoms with Crippen LogP contribution >= 0.6 is 0 Å². The summed E-state index contributed by atoms with van der Waals surface area (Å²) in [6.07, 6.45) is 1.90. The van der Waals surface area contributed by atoms with E-state index < -0.39 is 0 Å². The average molecular weight is 358 g/mol. The Morgan fingerprint density at radius 3 is 2.63 bits per heavy atom. The number of pyridine rings is 1. The van der Waals surface area contributed by atoms with Crippen molar-refractivity contribution in [3.8, 4) is 0 Å². The van der Waals surface area contributed by atoms with Crippen molar-refractivity contribution in [2.24, 2.45) is 0 Å². The molecule has 0 bridgehead atoms. The number of hydrogen-bond acceptors (Lipinski definition) is 5. The summed E-state index contributed by atoms with van der Waals surface area (Å²) in [5, 5.41) is 12.0. The lowest BCUT2D eigenvalue weighted by Gasteiger charge is -2.14. The van der Waals surface area contributed by atoms with Crippen molar-refractivity contribution in [3.63, 3.8) is 0 Å². The van der Waals surface area contributed by atoms with Gasteiger partial charge in [0.05, 0.1) is 17.1 Å². The number of amides is 1. The minimum Gasteiger partial charge on any atom is -0.425 e.